The Morgan fingerprint density at radius 3 is 1.90 bits per heavy atom. The Balaban J connectivity index is 0.000000126. The molecule has 2 saturated carbocycles. The fourth-order valence-electron chi connectivity index (χ4n) is 5.40. The quantitative estimate of drug-likeness (QED) is 0.517. The summed E-state index contributed by atoms with van der Waals surface area (Å²) in [4.78, 5) is 0. The third-order valence-electron chi connectivity index (χ3n) is 7.28. The zero-order valence-corrected chi connectivity index (χ0v) is 15.0. The van der Waals surface area contributed by atoms with E-state index in [4.69, 9.17) is 4.74 Å². The molecule has 120 valence electrons. The van der Waals surface area contributed by atoms with Crippen LogP contribution in [0, 0.1) is 23.2 Å². The molecule has 4 fully saturated rings. The van der Waals surface area contributed by atoms with E-state index in [-0.39, 0.29) is 11.2 Å². The molecule has 0 spiro atoms. The molecular formula is C20H34O. The van der Waals surface area contributed by atoms with Gasteiger partial charge in [0.05, 0.1) is 11.2 Å². The highest BCUT2D eigenvalue weighted by atomic mass is 16.5. The van der Waals surface area contributed by atoms with Crippen LogP contribution in [0.3, 0.4) is 0 Å². The van der Waals surface area contributed by atoms with Crippen molar-refractivity contribution >= 4 is 0 Å². The molecule has 2 heterocycles. The van der Waals surface area contributed by atoms with Crippen molar-refractivity contribution in [2.45, 2.75) is 91.3 Å². The molecule has 6 aliphatic rings. The Morgan fingerprint density at radius 2 is 1.62 bits per heavy atom. The van der Waals surface area contributed by atoms with Crippen LogP contribution in [0.5, 0.6) is 0 Å². The molecule has 2 unspecified atom stereocenters. The molecule has 4 aliphatic carbocycles. The molecule has 0 aromatic rings. The molecule has 2 saturated heterocycles. The minimum absolute atomic E-state index is 0.158. The number of allylic oxidation sites excluding steroid dienone is 2. The van der Waals surface area contributed by atoms with E-state index in [0.717, 1.165) is 17.8 Å². The molecule has 2 atom stereocenters. The molecule has 0 radical (unpaired) electrons. The van der Waals surface area contributed by atoms with Gasteiger partial charge in [0.25, 0.3) is 0 Å². The average Bonchev–Trinajstić information content (AvgIpc) is 2.37. The first-order valence-electron chi connectivity index (χ1n) is 9.01. The van der Waals surface area contributed by atoms with Crippen LogP contribution in [0.1, 0.15) is 80.1 Å². The van der Waals surface area contributed by atoms with Crippen molar-refractivity contribution in [2.24, 2.45) is 23.2 Å². The summed E-state index contributed by atoms with van der Waals surface area (Å²) in [6.45, 7) is 13.9. The fraction of sp³-hybridized carbons (Fsp3) is 0.900. The van der Waals surface area contributed by atoms with Gasteiger partial charge >= 0.3 is 0 Å². The minimum Gasteiger partial charge on any atom is -0.369 e. The van der Waals surface area contributed by atoms with Gasteiger partial charge in [0.15, 0.2) is 0 Å². The summed E-state index contributed by atoms with van der Waals surface area (Å²) in [7, 11) is 0. The lowest BCUT2D eigenvalue weighted by molar-refractivity contribution is -0.229. The lowest BCUT2D eigenvalue weighted by atomic mass is 9.49. The first kappa shape index (κ1) is 15.6. The Labute approximate surface area is 131 Å². The lowest BCUT2D eigenvalue weighted by Gasteiger charge is -2.56. The third-order valence-corrected chi connectivity index (χ3v) is 7.28. The maximum atomic E-state index is 6.06. The minimum atomic E-state index is 0.158. The molecule has 0 aromatic carbocycles. The smallest absolute Gasteiger partial charge is 0.0662 e. The molecule has 0 amide bonds. The van der Waals surface area contributed by atoms with Gasteiger partial charge < -0.3 is 4.74 Å². The summed E-state index contributed by atoms with van der Waals surface area (Å²) in [5.41, 5.74) is 2.66. The van der Waals surface area contributed by atoms with Gasteiger partial charge in [-0.05, 0) is 89.4 Å². The van der Waals surface area contributed by atoms with Gasteiger partial charge in [-0.1, -0.05) is 25.5 Å². The summed E-state index contributed by atoms with van der Waals surface area (Å²) < 4.78 is 6.06. The third kappa shape index (κ3) is 2.60. The molecule has 2 aliphatic heterocycles. The molecule has 21 heavy (non-hydrogen) atoms. The molecule has 1 heteroatoms. The van der Waals surface area contributed by atoms with E-state index in [9.17, 15) is 0 Å². The van der Waals surface area contributed by atoms with Crippen molar-refractivity contribution in [1.29, 1.82) is 0 Å². The van der Waals surface area contributed by atoms with Crippen LogP contribution in [0.15, 0.2) is 11.6 Å². The van der Waals surface area contributed by atoms with Gasteiger partial charge in [-0.3, -0.25) is 0 Å². The van der Waals surface area contributed by atoms with Crippen molar-refractivity contribution < 1.29 is 4.74 Å². The summed E-state index contributed by atoms with van der Waals surface area (Å²) in [5, 5.41) is 0. The Kier molecular flexibility index (Phi) is 3.60. The zero-order valence-electron chi connectivity index (χ0n) is 15.0. The van der Waals surface area contributed by atoms with E-state index < -0.39 is 0 Å². The van der Waals surface area contributed by atoms with Crippen LogP contribution >= 0.6 is 0 Å². The van der Waals surface area contributed by atoms with Crippen LogP contribution in [0.4, 0.5) is 0 Å². The van der Waals surface area contributed by atoms with E-state index >= 15 is 0 Å². The molecular weight excluding hydrogens is 256 g/mol. The molecule has 4 bridgehead atoms. The maximum Gasteiger partial charge on any atom is 0.0662 e. The van der Waals surface area contributed by atoms with Crippen molar-refractivity contribution in [3.05, 3.63) is 11.6 Å². The second-order valence-electron chi connectivity index (χ2n) is 9.42. The Morgan fingerprint density at radius 1 is 1.00 bits per heavy atom. The first-order valence-corrected chi connectivity index (χ1v) is 9.01. The van der Waals surface area contributed by atoms with E-state index in [1.807, 2.05) is 0 Å². The average molecular weight is 290 g/mol. The van der Waals surface area contributed by atoms with Crippen molar-refractivity contribution in [1.82, 2.24) is 0 Å². The van der Waals surface area contributed by atoms with Crippen LogP contribution in [0.2, 0.25) is 0 Å². The van der Waals surface area contributed by atoms with Crippen molar-refractivity contribution in [3.63, 3.8) is 0 Å². The van der Waals surface area contributed by atoms with Gasteiger partial charge in [0, 0.05) is 0 Å². The SMILES string of the molecule is CC12CCC(CC1)C(C)(C)O2.CC1=CCC2CC1C2(C)C. The molecule has 0 N–H and O–H groups in total. The normalized spacial score (nSPS) is 45.0. The number of hydrogen-bond acceptors (Lipinski definition) is 1. The second-order valence-corrected chi connectivity index (χ2v) is 9.42. The van der Waals surface area contributed by atoms with Gasteiger partial charge in [-0.15, -0.1) is 0 Å². The van der Waals surface area contributed by atoms with Gasteiger partial charge in [0.1, 0.15) is 0 Å². The van der Waals surface area contributed by atoms with Crippen LogP contribution in [-0.4, -0.2) is 11.2 Å². The topological polar surface area (TPSA) is 9.23 Å². The Hall–Kier alpha value is -0.300. The molecule has 0 aromatic heterocycles. The maximum absolute atomic E-state index is 6.06. The molecule has 1 nitrogen and oxygen atoms in total. The van der Waals surface area contributed by atoms with Crippen molar-refractivity contribution in [3.8, 4) is 0 Å². The predicted molar refractivity (Wildman–Crippen MR) is 89.3 cm³/mol. The standard InChI is InChI=1S/C10H18O.C10H16/c1-9(2)8-4-6-10(3,11-9)7-5-8;1-7-4-5-8-6-9(7)10(8,2)3/h8H,4-7H2,1-3H3;4,8-9H,5-6H2,1-3H3. The number of hydrogen-bond donors (Lipinski definition) is 0. The summed E-state index contributed by atoms with van der Waals surface area (Å²) >= 11 is 0. The van der Waals surface area contributed by atoms with E-state index in [1.165, 1.54) is 38.5 Å². The first-order chi connectivity index (χ1) is 9.64. The van der Waals surface area contributed by atoms with Crippen molar-refractivity contribution in [2.75, 3.05) is 0 Å². The largest absolute Gasteiger partial charge is 0.369 e. The fourth-order valence-corrected chi connectivity index (χ4v) is 5.40. The second kappa shape index (κ2) is 4.85. The van der Waals surface area contributed by atoms with Crippen LogP contribution < -0.4 is 0 Å². The van der Waals surface area contributed by atoms with Crippen LogP contribution in [0.25, 0.3) is 0 Å². The van der Waals surface area contributed by atoms with Gasteiger partial charge in [-0.2, -0.15) is 0 Å². The van der Waals surface area contributed by atoms with E-state index in [1.54, 1.807) is 5.57 Å². The Bertz CT molecular complexity index is 432. The predicted octanol–water partition coefficient (Wildman–Crippen LogP) is 5.74. The van der Waals surface area contributed by atoms with E-state index in [0.29, 0.717) is 5.41 Å². The molecule has 6 rings (SSSR count). The summed E-state index contributed by atoms with van der Waals surface area (Å²) in [6, 6.07) is 0. The number of ether oxygens (including phenoxy) is 1. The summed E-state index contributed by atoms with van der Waals surface area (Å²) in [6.07, 6.45) is 10.6. The zero-order chi connectivity index (χ0) is 15.5. The van der Waals surface area contributed by atoms with Gasteiger partial charge in [0.2, 0.25) is 0 Å². The highest BCUT2D eigenvalue weighted by Gasteiger charge is 2.50. The highest BCUT2D eigenvalue weighted by molar-refractivity contribution is 5.21. The van der Waals surface area contributed by atoms with Crippen LogP contribution in [-0.2, 0) is 4.74 Å². The summed E-state index contributed by atoms with van der Waals surface area (Å²) in [5.74, 6) is 2.75. The highest BCUT2D eigenvalue weighted by Crippen LogP contribution is 2.58. The van der Waals surface area contributed by atoms with Gasteiger partial charge in [-0.25, -0.2) is 0 Å². The van der Waals surface area contributed by atoms with E-state index in [2.05, 4.69) is 47.6 Å². The number of rotatable bonds is 0. The lowest BCUT2D eigenvalue weighted by Crippen LogP contribution is -2.53. The monoisotopic (exact) mass is 290 g/mol. The number of fused-ring (bicyclic) bond motifs is 4.